The first-order valence-electron chi connectivity index (χ1n) is 7.68. The van der Waals surface area contributed by atoms with Crippen LogP contribution in [0.15, 0.2) is 24.5 Å². The van der Waals surface area contributed by atoms with Gasteiger partial charge in [0.05, 0.1) is 6.42 Å². The van der Waals surface area contributed by atoms with Crippen LogP contribution >= 0.6 is 0 Å². The molecule has 0 saturated heterocycles. The van der Waals surface area contributed by atoms with E-state index in [1.807, 2.05) is 18.3 Å². The van der Waals surface area contributed by atoms with Crippen molar-refractivity contribution in [3.63, 3.8) is 0 Å². The number of aromatic nitrogens is 2. The van der Waals surface area contributed by atoms with E-state index in [1.165, 1.54) is 12.8 Å². The number of nitrogens with one attached hydrogen (secondary N) is 2. The van der Waals surface area contributed by atoms with Gasteiger partial charge >= 0.3 is 0 Å². The first-order valence-corrected chi connectivity index (χ1v) is 7.68. The Kier molecular flexibility index (Phi) is 4.20. The highest BCUT2D eigenvalue weighted by Gasteiger charge is 2.25. The van der Waals surface area contributed by atoms with E-state index in [4.69, 9.17) is 5.73 Å². The van der Waals surface area contributed by atoms with Crippen molar-refractivity contribution in [2.75, 3.05) is 6.54 Å². The summed E-state index contributed by atoms with van der Waals surface area (Å²) in [6, 6.07) is 4.12. The van der Waals surface area contributed by atoms with Crippen molar-refractivity contribution in [3.8, 4) is 0 Å². The molecule has 0 bridgehead atoms. The molecule has 2 atom stereocenters. The van der Waals surface area contributed by atoms with Gasteiger partial charge in [-0.2, -0.15) is 0 Å². The lowest BCUT2D eigenvalue weighted by molar-refractivity contribution is -0.121. The van der Waals surface area contributed by atoms with Gasteiger partial charge in [0.1, 0.15) is 5.65 Å². The molecule has 2 aromatic heterocycles. The normalized spacial score (nSPS) is 22.3. The monoisotopic (exact) mass is 286 g/mol. The molecule has 0 spiro atoms. The standard InChI is InChI=1S/C16H22N4O/c17-9-11-4-1-2-6-14(11)20-15(21)8-12-10-19-16-13(12)5-3-7-18-16/h3,5,7,10-11,14H,1-2,4,6,8-9,17H2,(H,18,19)(H,20,21). The highest BCUT2D eigenvalue weighted by Crippen LogP contribution is 2.24. The van der Waals surface area contributed by atoms with Gasteiger partial charge in [-0.1, -0.05) is 12.8 Å². The molecular weight excluding hydrogens is 264 g/mol. The van der Waals surface area contributed by atoms with Gasteiger partial charge in [-0.15, -0.1) is 0 Å². The smallest absolute Gasteiger partial charge is 0.224 e. The highest BCUT2D eigenvalue weighted by molar-refractivity contribution is 5.87. The molecule has 1 fully saturated rings. The Labute approximate surface area is 124 Å². The van der Waals surface area contributed by atoms with E-state index in [0.717, 1.165) is 29.4 Å². The Morgan fingerprint density at radius 1 is 1.43 bits per heavy atom. The number of fused-ring (bicyclic) bond motifs is 1. The van der Waals surface area contributed by atoms with Crippen molar-refractivity contribution in [1.29, 1.82) is 0 Å². The Morgan fingerprint density at radius 2 is 2.29 bits per heavy atom. The maximum atomic E-state index is 12.3. The van der Waals surface area contributed by atoms with Crippen LogP contribution < -0.4 is 11.1 Å². The van der Waals surface area contributed by atoms with Crippen LogP contribution in [0.25, 0.3) is 11.0 Å². The zero-order valence-electron chi connectivity index (χ0n) is 12.1. The van der Waals surface area contributed by atoms with Gasteiger partial charge in [-0.3, -0.25) is 4.79 Å². The summed E-state index contributed by atoms with van der Waals surface area (Å²) in [5, 5.41) is 4.19. The zero-order chi connectivity index (χ0) is 14.7. The fourth-order valence-electron chi connectivity index (χ4n) is 3.27. The lowest BCUT2D eigenvalue weighted by Gasteiger charge is -2.31. The van der Waals surface area contributed by atoms with Crippen LogP contribution in [-0.2, 0) is 11.2 Å². The van der Waals surface area contributed by atoms with E-state index in [0.29, 0.717) is 18.9 Å². The first kappa shape index (κ1) is 14.1. The molecule has 1 saturated carbocycles. The Balaban J connectivity index is 1.66. The van der Waals surface area contributed by atoms with Crippen molar-refractivity contribution in [2.24, 2.45) is 11.7 Å². The average Bonchev–Trinajstić information content (AvgIpc) is 2.91. The maximum Gasteiger partial charge on any atom is 0.224 e. The number of amides is 1. The lowest BCUT2D eigenvalue weighted by Crippen LogP contribution is -2.45. The number of nitrogens with zero attached hydrogens (tertiary/aromatic N) is 1. The van der Waals surface area contributed by atoms with E-state index >= 15 is 0 Å². The Bertz CT molecular complexity index is 622. The lowest BCUT2D eigenvalue weighted by atomic mass is 9.84. The number of aromatic amines is 1. The van der Waals surface area contributed by atoms with E-state index in [-0.39, 0.29) is 11.9 Å². The van der Waals surface area contributed by atoms with Crippen molar-refractivity contribution in [1.82, 2.24) is 15.3 Å². The largest absolute Gasteiger partial charge is 0.353 e. The molecule has 0 aromatic carbocycles. The molecule has 2 heterocycles. The molecule has 4 N–H and O–H groups in total. The number of H-pyrrole nitrogens is 1. The second-order valence-corrected chi connectivity index (χ2v) is 5.84. The van der Waals surface area contributed by atoms with Gasteiger partial charge in [0, 0.05) is 23.8 Å². The molecule has 5 nitrogen and oxygen atoms in total. The van der Waals surface area contributed by atoms with Crippen LogP contribution in [0.3, 0.4) is 0 Å². The molecule has 21 heavy (non-hydrogen) atoms. The molecule has 0 radical (unpaired) electrons. The van der Waals surface area contributed by atoms with Crippen molar-refractivity contribution < 1.29 is 4.79 Å². The van der Waals surface area contributed by atoms with Crippen LogP contribution in [-0.4, -0.2) is 28.5 Å². The van der Waals surface area contributed by atoms with Gasteiger partial charge in [-0.05, 0) is 43.0 Å². The summed E-state index contributed by atoms with van der Waals surface area (Å²) in [5.74, 6) is 0.498. The topological polar surface area (TPSA) is 83.8 Å². The number of pyridine rings is 1. The summed E-state index contributed by atoms with van der Waals surface area (Å²) in [6.07, 6.45) is 8.58. The SMILES string of the molecule is NCC1CCCCC1NC(=O)Cc1c[nH]c2ncccc12. The summed E-state index contributed by atoms with van der Waals surface area (Å²) < 4.78 is 0. The number of hydrogen-bond acceptors (Lipinski definition) is 3. The molecule has 1 aliphatic rings. The molecule has 0 aliphatic heterocycles. The van der Waals surface area contributed by atoms with Crippen LogP contribution in [0, 0.1) is 5.92 Å². The molecular formula is C16H22N4O. The molecule has 3 rings (SSSR count). The minimum atomic E-state index is 0.0742. The molecule has 1 aliphatic carbocycles. The van der Waals surface area contributed by atoms with Gasteiger partial charge in [0.15, 0.2) is 0 Å². The predicted molar refractivity (Wildman–Crippen MR) is 82.7 cm³/mol. The van der Waals surface area contributed by atoms with Gasteiger partial charge in [0.2, 0.25) is 5.91 Å². The highest BCUT2D eigenvalue weighted by atomic mass is 16.1. The summed E-state index contributed by atoms with van der Waals surface area (Å²) in [6.45, 7) is 0.655. The van der Waals surface area contributed by atoms with Crippen LogP contribution in [0.5, 0.6) is 0 Å². The van der Waals surface area contributed by atoms with E-state index in [1.54, 1.807) is 6.20 Å². The summed E-state index contributed by atoms with van der Waals surface area (Å²) in [4.78, 5) is 19.6. The Morgan fingerprint density at radius 3 is 3.14 bits per heavy atom. The Hall–Kier alpha value is -1.88. The summed E-state index contributed by atoms with van der Waals surface area (Å²) in [7, 11) is 0. The molecule has 2 aromatic rings. The second-order valence-electron chi connectivity index (χ2n) is 5.84. The van der Waals surface area contributed by atoms with Crippen molar-refractivity contribution in [3.05, 3.63) is 30.1 Å². The molecule has 112 valence electrons. The average molecular weight is 286 g/mol. The molecule has 2 unspecified atom stereocenters. The first-order chi connectivity index (χ1) is 10.3. The minimum absolute atomic E-state index is 0.0742. The minimum Gasteiger partial charge on any atom is -0.353 e. The third-order valence-corrected chi connectivity index (χ3v) is 4.45. The molecule has 1 amide bonds. The number of carbonyl (C=O) groups excluding carboxylic acids is 1. The third kappa shape index (κ3) is 3.08. The second kappa shape index (κ2) is 6.26. The quantitative estimate of drug-likeness (QED) is 0.800. The number of rotatable bonds is 4. The van der Waals surface area contributed by atoms with Gasteiger partial charge in [0.25, 0.3) is 0 Å². The maximum absolute atomic E-state index is 12.3. The van der Waals surface area contributed by atoms with Gasteiger partial charge in [-0.25, -0.2) is 4.98 Å². The number of carbonyl (C=O) groups is 1. The fraction of sp³-hybridized carbons (Fsp3) is 0.500. The van der Waals surface area contributed by atoms with E-state index in [2.05, 4.69) is 15.3 Å². The van der Waals surface area contributed by atoms with Gasteiger partial charge < -0.3 is 16.0 Å². The van der Waals surface area contributed by atoms with Crippen LogP contribution in [0.2, 0.25) is 0 Å². The third-order valence-electron chi connectivity index (χ3n) is 4.45. The zero-order valence-corrected chi connectivity index (χ0v) is 12.1. The van der Waals surface area contributed by atoms with Crippen LogP contribution in [0.1, 0.15) is 31.2 Å². The predicted octanol–water partition coefficient (Wildman–Crippen LogP) is 1.74. The van der Waals surface area contributed by atoms with Crippen LogP contribution in [0.4, 0.5) is 0 Å². The van der Waals surface area contributed by atoms with Crippen molar-refractivity contribution in [2.45, 2.75) is 38.1 Å². The fourth-order valence-corrected chi connectivity index (χ4v) is 3.27. The number of nitrogens with two attached hydrogens (primary N) is 1. The summed E-state index contributed by atoms with van der Waals surface area (Å²) in [5.41, 5.74) is 7.64. The van der Waals surface area contributed by atoms with E-state index < -0.39 is 0 Å². The summed E-state index contributed by atoms with van der Waals surface area (Å²) >= 11 is 0. The van der Waals surface area contributed by atoms with E-state index in [9.17, 15) is 4.79 Å². The van der Waals surface area contributed by atoms with Crippen molar-refractivity contribution >= 4 is 16.9 Å². The molecule has 5 heteroatoms. The number of hydrogen-bond donors (Lipinski definition) is 3.